The van der Waals surface area contributed by atoms with Gasteiger partial charge >= 0.3 is 11.9 Å². The van der Waals surface area contributed by atoms with Crippen LogP contribution in [0.4, 0.5) is 0 Å². The zero-order valence-electron chi connectivity index (χ0n) is 31.7. The van der Waals surface area contributed by atoms with Crippen molar-refractivity contribution in [1.82, 2.24) is 0 Å². The van der Waals surface area contributed by atoms with Gasteiger partial charge in [0, 0.05) is 22.3 Å². The van der Waals surface area contributed by atoms with Crippen molar-refractivity contribution in [3.05, 3.63) is 138 Å². The van der Waals surface area contributed by atoms with Crippen molar-refractivity contribution in [2.24, 2.45) is 0 Å². The Hall–Kier alpha value is -6.06. The number of phenols is 1. The summed E-state index contributed by atoms with van der Waals surface area (Å²) < 4.78 is 17.0. The molecular formula is C49H48O6. The van der Waals surface area contributed by atoms with Crippen molar-refractivity contribution in [1.29, 1.82) is 0 Å². The maximum absolute atomic E-state index is 13.6. The van der Waals surface area contributed by atoms with E-state index in [-0.39, 0.29) is 17.1 Å². The van der Waals surface area contributed by atoms with Crippen LogP contribution in [0.15, 0.2) is 115 Å². The summed E-state index contributed by atoms with van der Waals surface area (Å²) in [5, 5.41) is 14.6. The van der Waals surface area contributed by atoms with Crippen molar-refractivity contribution in [3.8, 4) is 40.2 Å². The van der Waals surface area contributed by atoms with Crippen LogP contribution in [-0.2, 0) is 4.74 Å². The summed E-state index contributed by atoms with van der Waals surface area (Å²) in [5.41, 5.74) is 2.83. The molecule has 0 radical (unpaired) electrons. The number of methoxy groups -OCH3 is 1. The Morgan fingerprint density at radius 1 is 0.600 bits per heavy atom. The summed E-state index contributed by atoms with van der Waals surface area (Å²) in [6.07, 6.45) is 13.0. The molecule has 0 spiro atoms. The van der Waals surface area contributed by atoms with Crippen LogP contribution in [0.25, 0.3) is 32.7 Å². The van der Waals surface area contributed by atoms with Crippen molar-refractivity contribution < 1.29 is 28.9 Å². The normalized spacial score (nSPS) is 10.9. The molecule has 6 aromatic carbocycles. The van der Waals surface area contributed by atoms with Crippen molar-refractivity contribution in [3.63, 3.8) is 0 Å². The Morgan fingerprint density at radius 3 is 1.80 bits per heavy atom. The number of esters is 2. The van der Waals surface area contributed by atoms with Gasteiger partial charge in [-0.25, -0.2) is 9.59 Å². The summed E-state index contributed by atoms with van der Waals surface area (Å²) in [6.45, 7) is 2.98. The fourth-order valence-electron chi connectivity index (χ4n) is 6.86. The van der Waals surface area contributed by atoms with Crippen molar-refractivity contribution in [2.75, 3.05) is 13.7 Å². The van der Waals surface area contributed by atoms with Crippen molar-refractivity contribution >= 4 is 33.5 Å². The molecule has 0 aliphatic rings. The molecule has 0 saturated heterocycles. The minimum Gasteiger partial charge on any atom is -0.506 e. The first-order valence-corrected chi connectivity index (χ1v) is 19.4. The second-order valence-electron chi connectivity index (χ2n) is 13.8. The van der Waals surface area contributed by atoms with E-state index in [0.29, 0.717) is 22.1 Å². The Morgan fingerprint density at radius 2 is 1.16 bits per heavy atom. The number of unbranched alkanes of at least 4 members (excludes halogenated alkanes) is 9. The zero-order valence-corrected chi connectivity index (χ0v) is 31.7. The maximum Gasteiger partial charge on any atom is 0.343 e. The first-order valence-electron chi connectivity index (χ1n) is 19.4. The van der Waals surface area contributed by atoms with Gasteiger partial charge in [0.15, 0.2) is 0 Å². The molecule has 0 aromatic heterocycles. The SMILES string of the molecule is CCCCCCCCCCCCOc1ccc(C#Cc2ccc(C(=O)Oc3ccc4ccccc4c3-c3c(O)c(C(=O)OC)cc4ccccc34)cc2)cc1. The molecule has 6 rings (SSSR count). The first kappa shape index (κ1) is 38.7. The topological polar surface area (TPSA) is 82.1 Å². The number of ether oxygens (including phenoxy) is 3. The predicted octanol–water partition coefficient (Wildman–Crippen LogP) is 12.1. The van der Waals surface area contributed by atoms with Crippen LogP contribution in [0.3, 0.4) is 0 Å². The Bertz CT molecular complexity index is 2290. The highest BCUT2D eigenvalue weighted by molar-refractivity contribution is 6.13. The average Bonchev–Trinajstić information content (AvgIpc) is 3.22. The quantitative estimate of drug-likeness (QED) is 0.0462. The summed E-state index contributed by atoms with van der Waals surface area (Å²) in [6, 6.07) is 35.0. The summed E-state index contributed by atoms with van der Waals surface area (Å²) in [7, 11) is 1.27. The number of phenolic OH excluding ortho intramolecular Hbond substituents is 1. The van der Waals surface area contributed by atoms with Gasteiger partial charge in [0.25, 0.3) is 0 Å². The molecule has 0 atom stereocenters. The van der Waals surface area contributed by atoms with E-state index in [1.165, 1.54) is 64.9 Å². The van der Waals surface area contributed by atoms with E-state index < -0.39 is 11.9 Å². The highest BCUT2D eigenvalue weighted by Crippen LogP contribution is 2.47. The van der Waals surface area contributed by atoms with E-state index in [4.69, 9.17) is 14.2 Å². The molecule has 6 aromatic rings. The van der Waals surface area contributed by atoms with Crippen molar-refractivity contribution in [2.45, 2.75) is 71.1 Å². The molecule has 55 heavy (non-hydrogen) atoms. The molecule has 1 N–H and O–H groups in total. The lowest BCUT2D eigenvalue weighted by Crippen LogP contribution is -2.10. The second-order valence-corrected chi connectivity index (χ2v) is 13.8. The molecule has 0 heterocycles. The number of fused-ring (bicyclic) bond motifs is 2. The second kappa shape index (κ2) is 19.3. The van der Waals surface area contributed by atoms with Crippen LogP contribution in [0.2, 0.25) is 0 Å². The van der Waals surface area contributed by atoms with Crippen LogP contribution in [0.1, 0.15) is 103 Å². The molecular weight excluding hydrogens is 685 g/mol. The van der Waals surface area contributed by atoms with Gasteiger partial charge in [0.05, 0.1) is 19.3 Å². The molecule has 0 saturated carbocycles. The van der Waals surface area contributed by atoms with E-state index in [1.54, 1.807) is 36.4 Å². The van der Waals surface area contributed by atoms with E-state index in [2.05, 4.69) is 18.8 Å². The third-order valence-electron chi connectivity index (χ3n) is 9.86. The number of rotatable bonds is 16. The van der Waals surface area contributed by atoms with E-state index >= 15 is 0 Å². The number of carbonyl (C=O) groups excluding carboxylic acids is 2. The Labute approximate surface area is 324 Å². The van der Waals surface area contributed by atoms with Gasteiger partial charge in [-0.2, -0.15) is 0 Å². The lowest BCUT2D eigenvalue weighted by atomic mass is 9.90. The maximum atomic E-state index is 13.6. The van der Waals surface area contributed by atoms with Crippen LogP contribution in [0.5, 0.6) is 17.2 Å². The number of aromatic hydroxyl groups is 1. The minimum atomic E-state index is -0.674. The zero-order chi connectivity index (χ0) is 38.4. The van der Waals surface area contributed by atoms with Crippen LogP contribution >= 0.6 is 0 Å². The first-order chi connectivity index (χ1) is 27.0. The standard InChI is InChI=1S/C49H48O6/c1-3-4-5-6-7-8-9-10-11-16-33-54-40-30-25-36(26-31-40)22-21-35-23-27-38(28-24-35)48(51)55-44-32-29-37-17-12-14-19-41(37)45(44)46-42-20-15-13-18-39(42)34-43(47(46)50)49(52)53-2/h12-15,17-20,23-32,34,50H,3-11,16,33H2,1-2H3. The van der Waals surface area contributed by atoms with Gasteiger partial charge in [-0.15, -0.1) is 0 Å². The number of carbonyl (C=O) groups is 2. The molecule has 0 aliphatic carbocycles. The molecule has 0 aliphatic heterocycles. The van der Waals surface area contributed by atoms with Gasteiger partial charge < -0.3 is 19.3 Å². The molecule has 6 nitrogen and oxygen atoms in total. The largest absolute Gasteiger partial charge is 0.506 e. The predicted molar refractivity (Wildman–Crippen MR) is 221 cm³/mol. The Kier molecular flexibility index (Phi) is 13.6. The highest BCUT2D eigenvalue weighted by Gasteiger charge is 2.25. The van der Waals surface area contributed by atoms with Gasteiger partial charge in [0.2, 0.25) is 0 Å². The Balaban J connectivity index is 1.11. The summed E-state index contributed by atoms with van der Waals surface area (Å²) in [4.78, 5) is 26.4. The van der Waals surface area contributed by atoms with Gasteiger partial charge in [0.1, 0.15) is 22.8 Å². The van der Waals surface area contributed by atoms with Gasteiger partial charge in [-0.05, 0) is 88.6 Å². The summed E-state index contributed by atoms with van der Waals surface area (Å²) >= 11 is 0. The molecule has 0 amide bonds. The third-order valence-corrected chi connectivity index (χ3v) is 9.86. The fourth-order valence-corrected chi connectivity index (χ4v) is 6.86. The number of benzene rings is 6. The van der Waals surface area contributed by atoms with Gasteiger partial charge in [-0.3, -0.25) is 0 Å². The fraction of sp³-hybridized carbons (Fsp3) is 0.265. The van der Waals surface area contributed by atoms with E-state index in [1.807, 2.05) is 78.9 Å². The number of hydrogen-bond acceptors (Lipinski definition) is 6. The molecule has 0 bridgehead atoms. The van der Waals surface area contributed by atoms with Crippen LogP contribution < -0.4 is 9.47 Å². The highest BCUT2D eigenvalue weighted by atomic mass is 16.5. The monoisotopic (exact) mass is 732 g/mol. The smallest absolute Gasteiger partial charge is 0.343 e. The molecule has 6 heteroatoms. The van der Waals surface area contributed by atoms with Crippen LogP contribution in [0, 0.1) is 11.8 Å². The van der Waals surface area contributed by atoms with E-state index in [0.717, 1.165) is 46.1 Å². The average molecular weight is 733 g/mol. The lowest BCUT2D eigenvalue weighted by Gasteiger charge is -2.18. The number of hydrogen-bond donors (Lipinski definition) is 1. The lowest BCUT2D eigenvalue weighted by molar-refractivity contribution is 0.0597. The third kappa shape index (κ3) is 9.93. The van der Waals surface area contributed by atoms with E-state index in [9.17, 15) is 14.7 Å². The molecule has 0 fully saturated rings. The molecule has 280 valence electrons. The summed E-state index contributed by atoms with van der Waals surface area (Å²) in [5.74, 6) is 5.95. The molecule has 0 unspecified atom stereocenters. The minimum absolute atomic E-state index is 0.0157. The van der Waals surface area contributed by atoms with Crippen LogP contribution in [-0.4, -0.2) is 30.8 Å². The van der Waals surface area contributed by atoms with Gasteiger partial charge in [-0.1, -0.05) is 131 Å².